The lowest BCUT2D eigenvalue weighted by molar-refractivity contribution is 0.181. The first kappa shape index (κ1) is 9.98. The van der Waals surface area contributed by atoms with E-state index in [0.29, 0.717) is 24.9 Å². The molecule has 0 amide bonds. The van der Waals surface area contributed by atoms with E-state index < -0.39 is 0 Å². The third kappa shape index (κ3) is 2.18. The van der Waals surface area contributed by atoms with E-state index in [4.69, 9.17) is 10.5 Å². The second kappa shape index (κ2) is 4.23. The number of nitrogens with two attached hydrogens (primary N) is 1. The van der Waals surface area contributed by atoms with Gasteiger partial charge in [-0.15, -0.1) is 5.10 Å². The molecule has 0 unspecified atom stereocenters. The van der Waals surface area contributed by atoms with Crippen molar-refractivity contribution in [3.63, 3.8) is 0 Å². The summed E-state index contributed by atoms with van der Waals surface area (Å²) in [6.45, 7) is 5.47. The monoisotopic (exact) mass is 184 g/mol. The first-order valence-corrected chi connectivity index (χ1v) is 4.34. The van der Waals surface area contributed by atoms with Crippen LogP contribution in [0.5, 0.6) is 0 Å². The molecule has 0 aliphatic heterocycles. The third-order valence-corrected chi connectivity index (χ3v) is 1.86. The lowest BCUT2D eigenvalue weighted by Crippen LogP contribution is -2.11. The van der Waals surface area contributed by atoms with Crippen molar-refractivity contribution >= 4 is 5.82 Å². The van der Waals surface area contributed by atoms with Crippen LogP contribution in [0.15, 0.2) is 0 Å². The predicted molar refractivity (Wildman–Crippen MR) is 50.4 cm³/mol. The Labute approximate surface area is 77.9 Å². The van der Waals surface area contributed by atoms with Crippen molar-refractivity contribution in [2.45, 2.75) is 26.3 Å². The molecule has 74 valence electrons. The van der Waals surface area contributed by atoms with E-state index in [-0.39, 0.29) is 0 Å². The Morgan fingerprint density at radius 3 is 2.77 bits per heavy atom. The standard InChI is InChI=1S/C8H16N4O/c1-6(2)7-8(9)10-11-12(7)4-5-13-3/h6H,4-5,9H2,1-3H3. The first-order valence-electron chi connectivity index (χ1n) is 4.34. The van der Waals surface area contributed by atoms with Crippen LogP contribution in [0.4, 0.5) is 5.82 Å². The molecule has 1 aromatic rings. The number of ether oxygens (including phenoxy) is 1. The molecule has 1 heterocycles. The number of nitrogens with zero attached hydrogens (tertiary/aromatic N) is 3. The number of anilines is 1. The zero-order chi connectivity index (χ0) is 9.84. The maximum absolute atomic E-state index is 5.68. The molecule has 5 heteroatoms. The fourth-order valence-corrected chi connectivity index (χ4v) is 1.27. The van der Waals surface area contributed by atoms with Gasteiger partial charge in [-0.3, -0.25) is 0 Å². The van der Waals surface area contributed by atoms with Gasteiger partial charge >= 0.3 is 0 Å². The van der Waals surface area contributed by atoms with Crippen molar-refractivity contribution in [1.82, 2.24) is 15.0 Å². The van der Waals surface area contributed by atoms with Crippen LogP contribution in [-0.4, -0.2) is 28.7 Å². The molecule has 0 radical (unpaired) electrons. The zero-order valence-electron chi connectivity index (χ0n) is 8.32. The van der Waals surface area contributed by atoms with Gasteiger partial charge in [0, 0.05) is 7.11 Å². The molecule has 5 nitrogen and oxygen atoms in total. The van der Waals surface area contributed by atoms with E-state index in [1.54, 1.807) is 11.8 Å². The molecular weight excluding hydrogens is 168 g/mol. The number of methoxy groups -OCH3 is 1. The van der Waals surface area contributed by atoms with Crippen molar-refractivity contribution in [1.29, 1.82) is 0 Å². The number of nitrogen functional groups attached to an aromatic ring is 1. The molecule has 0 bridgehead atoms. The maximum Gasteiger partial charge on any atom is 0.169 e. The molecular formula is C8H16N4O. The Morgan fingerprint density at radius 2 is 2.23 bits per heavy atom. The van der Waals surface area contributed by atoms with Crippen LogP contribution in [0, 0.1) is 0 Å². The van der Waals surface area contributed by atoms with Gasteiger partial charge in [0.1, 0.15) is 0 Å². The minimum atomic E-state index is 0.340. The van der Waals surface area contributed by atoms with Gasteiger partial charge in [-0.05, 0) is 5.92 Å². The number of hydrogen-bond acceptors (Lipinski definition) is 4. The van der Waals surface area contributed by atoms with Gasteiger partial charge in [0.2, 0.25) is 0 Å². The van der Waals surface area contributed by atoms with E-state index in [0.717, 1.165) is 5.69 Å². The summed E-state index contributed by atoms with van der Waals surface area (Å²) in [5, 5.41) is 7.76. The highest BCUT2D eigenvalue weighted by Gasteiger charge is 2.12. The highest BCUT2D eigenvalue weighted by molar-refractivity contribution is 5.34. The van der Waals surface area contributed by atoms with Gasteiger partial charge in [0.25, 0.3) is 0 Å². The Balaban J connectivity index is 2.81. The van der Waals surface area contributed by atoms with Gasteiger partial charge in [-0.1, -0.05) is 19.1 Å². The smallest absolute Gasteiger partial charge is 0.169 e. The third-order valence-electron chi connectivity index (χ3n) is 1.86. The van der Waals surface area contributed by atoms with Crippen molar-refractivity contribution in [2.75, 3.05) is 19.5 Å². The highest BCUT2D eigenvalue weighted by Crippen LogP contribution is 2.18. The SMILES string of the molecule is COCCn1nnc(N)c1C(C)C. The first-order chi connectivity index (χ1) is 6.16. The molecule has 0 saturated carbocycles. The minimum absolute atomic E-state index is 0.340. The van der Waals surface area contributed by atoms with Crippen LogP contribution in [0.1, 0.15) is 25.5 Å². The number of rotatable bonds is 4. The lowest BCUT2D eigenvalue weighted by atomic mass is 10.1. The molecule has 1 aromatic heterocycles. The summed E-state index contributed by atoms with van der Waals surface area (Å²) in [4.78, 5) is 0. The zero-order valence-corrected chi connectivity index (χ0v) is 8.32. The van der Waals surface area contributed by atoms with Crippen LogP contribution in [-0.2, 0) is 11.3 Å². The number of aromatic nitrogens is 3. The lowest BCUT2D eigenvalue weighted by Gasteiger charge is -2.08. The Bertz CT molecular complexity index is 269. The molecule has 0 saturated heterocycles. The summed E-state index contributed by atoms with van der Waals surface area (Å²) in [6, 6.07) is 0. The molecule has 0 spiro atoms. The topological polar surface area (TPSA) is 66.0 Å². The van der Waals surface area contributed by atoms with Crippen molar-refractivity contribution in [2.24, 2.45) is 0 Å². The van der Waals surface area contributed by atoms with Gasteiger partial charge in [0.15, 0.2) is 5.82 Å². The Morgan fingerprint density at radius 1 is 1.54 bits per heavy atom. The summed E-state index contributed by atoms with van der Waals surface area (Å²) in [7, 11) is 1.66. The van der Waals surface area contributed by atoms with Gasteiger partial charge in [-0.25, -0.2) is 4.68 Å². The van der Waals surface area contributed by atoms with E-state index in [1.807, 2.05) is 0 Å². The van der Waals surface area contributed by atoms with Gasteiger partial charge in [-0.2, -0.15) is 0 Å². The Kier molecular flexibility index (Phi) is 3.25. The summed E-state index contributed by atoms with van der Waals surface area (Å²) in [5.41, 5.74) is 6.66. The second-order valence-electron chi connectivity index (χ2n) is 3.23. The molecule has 2 N–H and O–H groups in total. The molecule has 13 heavy (non-hydrogen) atoms. The average molecular weight is 184 g/mol. The van der Waals surface area contributed by atoms with Crippen LogP contribution in [0.2, 0.25) is 0 Å². The maximum atomic E-state index is 5.68. The number of hydrogen-bond donors (Lipinski definition) is 1. The average Bonchev–Trinajstić information content (AvgIpc) is 2.43. The van der Waals surface area contributed by atoms with Crippen molar-refractivity contribution in [3.05, 3.63) is 5.69 Å². The predicted octanol–water partition coefficient (Wildman–Crippen LogP) is 0.630. The van der Waals surface area contributed by atoms with Crippen molar-refractivity contribution < 1.29 is 4.74 Å². The van der Waals surface area contributed by atoms with E-state index in [1.165, 1.54) is 0 Å². The molecule has 0 aliphatic carbocycles. The summed E-state index contributed by atoms with van der Waals surface area (Å²) >= 11 is 0. The van der Waals surface area contributed by atoms with E-state index in [9.17, 15) is 0 Å². The molecule has 0 fully saturated rings. The van der Waals surface area contributed by atoms with Crippen LogP contribution in [0.25, 0.3) is 0 Å². The van der Waals surface area contributed by atoms with Crippen LogP contribution >= 0.6 is 0 Å². The van der Waals surface area contributed by atoms with Gasteiger partial charge < -0.3 is 10.5 Å². The van der Waals surface area contributed by atoms with E-state index >= 15 is 0 Å². The Hall–Kier alpha value is -1.10. The van der Waals surface area contributed by atoms with Crippen LogP contribution < -0.4 is 5.73 Å². The fraction of sp³-hybridized carbons (Fsp3) is 0.750. The van der Waals surface area contributed by atoms with Crippen molar-refractivity contribution in [3.8, 4) is 0 Å². The summed E-state index contributed by atoms with van der Waals surface area (Å²) in [6.07, 6.45) is 0. The fourth-order valence-electron chi connectivity index (χ4n) is 1.27. The largest absolute Gasteiger partial charge is 0.383 e. The molecule has 1 rings (SSSR count). The molecule has 0 aliphatic rings. The molecule has 0 aromatic carbocycles. The molecule has 0 atom stereocenters. The minimum Gasteiger partial charge on any atom is -0.383 e. The van der Waals surface area contributed by atoms with E-state index in [2.05, 4.69) is 24.2 Å². The normalized spacial score (nSPS) is 11.1. The van der Waals surface area contributed by atoms with Crippen LogP contribution in [0.3, 0.4) is 0 Å². The quantitative estimate of drug-likeness (QED) is 0.745. The summed E-state index contributed by atoms with van der Waals surface area (Å²) in [5.74, 6) is 0.859. The summed E-state index contributed by atoms with van der Waals surface area (Å²) < 4.78 is 6.76. The van der Waals surface area contributed by atoms with Gasteiger partial charge in [0.05, 0.1) is 18.8 Å². The highest BCUT2D eigenvalue weighted by atomic mass is 16.5. The second-order valence-corrected chi connectivity index (χ2v) is 3.23.